The van der Waals surface area contributed by atoms with Crippen molar-refractivity contribution >= 4 is 49.1 Å². The van der Waals surface area contributed by atoms with Crippen molar-refractivity contribution in [2.24, 2.45) is 12.0 Å². The molecule has 2 heterocycles. The van der Waals surface area contributed by atoms with Gasteiger partial charge in [0.05, 0.1) is 15.1 Å². The number of amides is 1. The Balaban J connectivity index is 1.71. The van der Waals surface area contributed by atoms with Crippen LogP contribution in [-0.2, 0) is 21.9 Å². The molecule has 1 aliphatic heterocycles. The number of halogens is 1. The van der Waals surface area contributed by atoms with Crippen LogP contribution in [0.2, 0.25) is 5.02 Å². The van der Waals surface area contributed by atoms with Gasteiger partial charge < -0.3 is 4.57 Å². The molecule has 1 atom stereocenters. The van der Waals surface area contributed by atoms with Crippen LogP contribution in [0.3, 0.4) is 0 Å². The summed E-state index contributed by atoms with van der Waals surface area (Å²) in [5.74, 6) is -0.429. The minimum absolute atomic E-state index is 0.130. The maximum Gasteiger partial charge on any atom is 0.266 e. The second-order valence-corrected chi connectivity index (χ2v) is 10.8. The lowest BCUT2D eigenvalue weighted by Crippen LogP contribution is -2.40. The highest BCUT2D eigenvalue weighted by molar-refractivity contribution is 7.89. The first-order valence-corrected chi connectivity index (χ1v) is 12.3. The van der Waals surface area contributed by atoms with Gasteiger partial charge in [0.15, 0.2) is 4.80 Å². The maximum absolute atomic E-state index is 13.1. The molecular formula is C21H22ClN3O3S2. The summed E-state index contributed by atoms with van der Waals surface area (Å²) in [6.07, 6.45) is 1.08. The highest BCUT2D eigenvalue weighted by atomic mass is 35.5. The lowest BCUT2D eigenvalue weighted by atomic mass is 10.1. The number of thiazole rings is 1. The van der Waals surface area contributed by atoms with Crippen molar-refractivity contribution in [2.75, 3.05) is 6.54 Å². The molecule has 1 aromatic heterocycles. The molecule has 1 unspecified atom stereocenters. The fourth-order valence-corrected chi connectivity index (χ4v) is 6.68. The number of carbonyl (C=O) groups is 1. The predicted octanol–water partition coefficient (Wildman–Crippen LogP) is 3.79. The van der Waals surface area contributed by atoms with E-state index in [4.69, 9.17) is 11.6 Å². The fourth-order valence-electron chi connectivity index (χ4n) is 3.82. The van der Waals surface area contributed by atoms with Crippen LogP contribution in [0.5, 0.6) is 0 Å². The molecule has 158 valence electrons. The number of aromatic nitrogens is 1. The number of fused-ring (bicyclic) bond motifs is 1. The Morgan fingerprint density at radius 2 is 1.87 bits per heavy atom. The normalized spacial score (nSPS) is 18.4. The van der Waals surface area contributed by atoms with Crippen molar-refractivity contribution in [1.29, 1.82) is 0 Å². The van der Waals surface area contributed by atoms with Crippen molar-refractivity contribution in [2.45, 2.75) is 37.6 Å². The van der Waals surface area contributed by atoms with E-state index in [-0.39, 0.29) is 4.90 Å². The van der Waals surface area contributed by atoms with E-state index in [2.05, 4.69) is 11.1 Å². The zero-order chi connectivity index (χ0) is 21.6. The molecule has 2 aromatic carbocycles. The molecule has 0 saturated carbocycles. The number of hydrogen-bond acceptors (Lipinski definition) is 4. The van der Waals surface area contributed by atoms with E-state index in [1.165, 1.54) is 45.5 Å². The number of aryl methyl sites for hydroxylation is 3. The SMILES string of the molecule is Cc1ccc2sc(=NC(=O)C3CCCN3S(=O)(=O)c3ccc(Cl)cc3)n(C)c2c1C. The highest BCUT2D eigenvalue weighted by Crippen LogP contribution is 2.28. The molecule has 1 aliphatic rings. The van der Waals surface area contributed by atoms with Crippen LogP contribution in [0.4, 0.5) is 0 Å². The second kappa shape index (κ2) is 7.92. The zero-order valence-electron chi connectivity index (χ0n) is 16.9. The van der Waals surface area contributed by atoms with Crippen LogP contribution in [0.1, 0.15) is 24.0 Å². The standard InChI is InChI=1S/C21H22ClN3O3S2/c1-13-6-11-18-19(14(13)2)24(3)21(29-18)23-20(26)17-5-4-12-25(17)30(27,28)16-9-7-15(22)8-10-16/h6-11,17H,4-5,12H2,1-3H3. The Morgan fingerprint density at radius 1 is 1.17 bits per heavy atom. The molecule has 0 N–H and O–H groups in total. The van der Waals surface area contributed by atoms with Gasteiger partial charge in [-0.25, -0.2) is 8.42 Å². The summed E-state index contributed by atoms with van der Waals surface area (Å²) in [5.41, 5.74) is 3.36. The van der Waals surface area contributed by atoms with Crippen molar-refractivity contribution in [1.82, 2.24) is 8.87 Å². The Kier molecular flexibility index (Phi) is 5.61. The summed E-state index contributed by atoms with van der Waals surface area (Å²) in [5, 5.41) is 0.459. The monoisotopic (exact) mass is 463 g/mol. The molecule has 0 aliphatic carbocycles. The molecule has 0 radical (unpaired) electrons. The Labute approximate surface area is 184 Å². The van der Waals surface area contributed by atoms with Gasteiger partial charge in [0.1, 0.15) is 6.04 Å². The first kappa shape index (κ1) is 21.2. The molecule has 3 aromatic rings. The zero-order valence-corrected chi connectivity index (χ0v) is 19.3. The van der Waals surface area contributed by atoms with E-state index in [0.717, 1.165) is 15.8 Å². The molecule has 1 saturated heterocycles. The minimum Gasteiger partial charge on any atom is -0.319 e. The van der Waals surface area contributed by atoms with E-state index >= 15 is 0 Å². The number of sulfonamides is 1. The van der Waals surface area contributed by atoms with E-state index in [1.807, 2.05) is 31.5 Å². The minimum atomic E-state index is -3.80. The van der Waals surface area contributed by atoms with Crippen LogP contribution in [0.15, 0.2) is 46.3 Å². The van der Waals surface area contributed by atoms with Crippen molar-refractivity contribution < 1.29 is 13.2 Å². The number of hydrogen-bond donors (Lipinski definition) is 0. The smallest absolute Gasteiger partial charge is 0.266 e. The Hall–Kier alpha value is -2.00. The summed E-state index contributed by atoms with van der Waals surface area (Å²) in [7, 11) is -1.92. The van der Waals surface area contributed by atoms with Crippen molar-refractivity contribution in [3.63, 3.8) is 0 Å². The van der Waals surface area contributed by atoms with E-state index in [9.17, 15) is 13.2 Å². The molecule has 1 fully saturated rings. The van der Waals surface area contributed by atoms with Gasteiger partial charge in [0.2, 0.25) is 10.0 Å². The van der Waals surface area contributed by atoms with Gasteiger partial charge in [-0.1, -0.05) is 29.0 Å². The molecule has 30 heavy (non-hydrogen) atoms. The van der Waals surface area contributed by atoms with Crippen molar-refractivity contribution in [3.8, 4) is 0 Å². The molecule has 9 heteroatoms. The lowest BCUT2D eigenvalue weighted by Gasteiger charge is -2.21. The summed E-state index contributed by atoms with van der Waals surface area (Å²) >= 11 is 7.31. The molecule has 4 rings (SSSR count). The van der Waals surface area contributed by atoms with Gasteiger partial charge in [-0.15, -0.1) is 0 Å². The van der Waals surface area contributed by atoms with E-state index < -0.39 is 22.0 Å². The van der Waals surface area contributed by atoms with Crippen LogP contribution in [-0.4, -0.2) is 35.8 Å². The average Bonchev–Trinajstić information content (AvgIpc) is 3.32. The number of nitrogens with zero attached hydrogens (tertiary/aromatic N) is 3. The summed E-state index contributed by atoms with van der Waals surface area (Å²) in [6.45, 7) is 4.40. The topological polar surface area (TPSA) is 71.7 Å². The summed E-state index contributed by atoms with van der Waals surface area (Å²) in [4.78, 5) is 18.1. The Morgan fingerprint density at radius 3 is 2.57 bits per heavy atom. The molecule has 0 bridgehead atoms. The van der Waals surface area contributed by atoms with E-state index in [0.29, 0.717) is 29.2 Å². The van der Waals surface area contributed by atoms with Gasteiger partial charge in [-0.2, -0.15) is 9.30 Å². The maximum atomic E-state index is 13.1. The van der Waals surface area contributed by atoms with Crippen molar-refractivity contribution in [3.05, 3.63) is 57.3 Å². The van der Waals surface area contributed by atoms with Crippen LogP contribution in [0, 0.1) is 13.8 Å². The van der Waals surface area contributed by atoms with Gasteiger partial charge in [-0.05, 0) is 68.1 Å². The van der Waals surface area contributed by atoms with Gasteiger partial charge in [0.25, 0.3) is 5.91 Å². The van der Waals surface area contributed by atoms with Gasteiger partial charge >= 0.3 is 0 Å². The highest BCUT2D eigenvalue weighted by Gasteiger charge is 2.39. The third-order valence-electron chi connectivity index (χ3n) is 5.60. The quantitative estimate of drug-likeness (QED) is 0.593. The average molecular weight is 464 g/mol. The Bertz CT molecular complexity index is 1310. The number of rotatable bonds is 3. The summed E-state index contributed by atoms with van der Waals surface area (Å²) in [6, 6.07) is 9.28. The molecule has 0 spiro atoms. The lowest BCUT2D eigenvalue weighted by molar-refractivity contribution is -0.121. The first-order valence-electron chi connectivity index (χ1n) is 9.62. The third-order valence-corrected chi connectivity index (χ3v) is 8.87. The van der Waals surface area contributed by atoms with Crippen LogP contribution in [0.25, 0.3) is 10.2 Å². The summed E-state index contributed by atoms with van der Waals surface area (Å²) < 4.78 is 30.4. The van der Waals surface area contributed by atoms with Crippen LogP contribution >= 0.6 is 22.9 Å². The van der Waals surface area contributed by atoms with Crippen LogP contribution < -0.4 is 4.80 Å². The molecule has 1 amide bonds. The largest absolute Gasteiger partial charge is 0.319 e. The second-order valence-electron chi connectivity index (χ2n) is 7.48. The third kappa shape index (κ3) is 3.62. The predicted molar refractivity (Wildman–Crippen MR) is 119 cm³/mol. The number of carbonyl (C=O) groups excluding carboxylic acids is 1. The van der Waals surface area contributed by atoms with Gasteiger partial charge in [0, 0.05) is 18.6 Å². The fraction of sp³-hybridized carbons (Fsp3) is 0.333. The van der Waals surface area contributed by atoms with Gasteiger partial charge in [-0.3, -0.25) is 4.79 Å². The first-order chi connectivity index (χ1) is 14.2. The van der Waals surface area contributed by atoms with E-state index in [1.54, 1.807) is 0 Å². The molecular weight excluding hydrogens is 442 g/mol. The number of benzene rings is 2. The molecule has 6 nitrogen and oxygen atoms in total.